The van der Waals surface area contributed by atoms with E-state index in [1.807, 2.05) is 67.5 Å². The molecule has 0 spiro atoms. The minimum Gasteiger partial charge on any atom is -0.492 e. The highest BCUT2D eigenvalue weighted by Crippen LogP contribution is 2.17. The van der Waals surface area contributed by atoms with E-state index in [1.165, 1.54) is 63.8 Å². The van der Waals surface area contributed by atoms with E-state index < -0.39 is 0 Å². The molecule has 3 heterocycles. The van der Waals surface area contributed by atoms with Crippen molar-refractivity contribution in [3.8, 4) is 5.75 Å². The predicted molar refractivity (Wildman–Crippen MR) is 180 cm³/mol. The third-order valence-electron chi connectivity index (χ3n) is 7.02. The normalized spacial score (nSPS) is 17.6. The average molecular weight is 580 g/mol. The van der Waals surface area contributed by atoms with E-state index in [2.05, 4.69) is 44.4 Å². The fraction of sp³-hybridized carbons (Fsp3) is 0.794. The van der Waals surface area contributed by atoms with E-state index in [1.54, 1.807) is 7.05 Å². The molecule has 2 N–H and O–H groups in total. The molecular weight excluding hydrogens is 510 g/mol. The SMILES string of the molecule is C1CCN(C2CCNCC2)CC1.CC.CC.CC.CC.CNC(=O)CN1CCN(CCOc2ccc(C)cc2)CC1. The van der Waals surface area contributed by atoms with Gasteiger partial charge in [-0.25, -0.2) is 0 Å². The molecule has 4 rings (SSSR count). The summed E-state index contributed by atoms with van der Waals surface area (Å²) in [5.74, 6) is 1.02. The van der Waals surface area contributed by atoms with Crippen molar-refractivity contribution in [3.05, 3.63) is 29.8 Å². The molecule has 7 heteroatoms. The Balaban J connectivity index is 0. The van der Waals surface area contributed by atoms with Crippen LogP contribution in [0.1, 0.15) is 93.1 Å². The zero-order valence-electron chi connectivity index (χ0n) is 28.9. The van der Waals surface area contributed by atoms with Crippen LogP contribution in [0.15, 0.2) is 24.3 Å². The number of hydrogen-bond acceptors (Lipinski definition) is 6. The number of benzene rings is 1. The first-order valence-corrected chi connectivity index (χ1v) is 16.9. The van der Waals surface area contributed by atoms with Crippen molar-refractivity contribution in [1.29, 1.82) is 0 Å². The lowest BCUT2D eigenvalue weighted by Gasteiger charge is -2.36. The fourth-order valence-electron chi connectivity index (χ4n) is 4.84. The van der Waals surface area contributed by atoms with Crippen LogP contribution in [0.4, 0.5) is 0 Å². The quantitative estimate of drug-likeness (QED) is 0.409. The molecule has 0 unspecified atom stereocenters. The molecule has 3 saturated heterocycles. The third-order valence-corrected chi connectivity index (χ3v) is 7.02. The number of rotatable bonds is 7. The number of piperazine rings is 1. The summed E-state index contributed by atoms with van der Waals surface area (Å²) < 4.78 is 5.75. The lowest BCUT2D eigenvalue weighted by molar-refractivity contribution is -0.122. The van der Waals surface area contributed by atoms with Gasteiger partial charge in [0.1, 0.15) is 12.4 Å². The molecule has 3 fully saturated rings. The van der Waals surface area contributed by atoms with Crippen molar-refractivity contribution in [3.63, 3.8) is 0 Å². The van der Waals surface area contributed by atoms with E-state index >= 15 is 0 Å². The van der Waals surface area contributed by atoms with Crippen LogP contribution < -0.4 is 15.4 Å². The Morgan fingerprint density at radius 3 is 1.83 bits per heavy atom. The molecule has 3 aliphatic heterocycles. The Morgan fingerprint density at radius 2 is 1.32 bits per heavy atom. The standard InChI is InChI=1S/C16H25N3O2.C10H20N2.4C2H6/c1-14-3-5-15(6-4-14)21-12-11-18-7-9-19(10-8-18)13-16(20)17-2;1-2-8-12(9-3-1)10-4-6-11-7-5-10;4*1-2/h3-6H,7-13H2,1-2H3,(H,17,20);10-11H,1-9H2;4*1-2H3. The predicted octanol–water partition coefficient (Wildman–Crippen LogP) is 6.07. The highest BCUT2D eigenvalue weighted by molar-refractivity contribution is 5.77. The van der Waals surface area contributed by atoms with Gasteiger partial charge in [0.25, 0.3) is 0 Å². The number of hydrogen-bond donors (Lipinski definition) is 2. The topological polar surface area (TPSA) is 60.1 Å². The maximum Gasteiger partial charge on any atom is 0.233 e. The number of aryl methyl sites for hydroxylation is 1. The number of amides is 1. The van der Waals surface area contributed by atoms with Gasteiger partial charge in [-0.1, -0.05) is 79.5 Å². The second-order valence-electron chi connectivity index (χ2n) is 9.53. The number of ether oxygens (including phenoxy) is 1. The van der Waals surface area contributed by atoms with Gasteiger partial charge in [0.15, 0.2) is 0 Å². The zero-order valence-corrected chi connectivity index (χ0v) is 28.9. The molecule has 0 aromatic heterocycles. The highest BCUT2D eigenvalue weighted by atomic mass is 16.5. The summed E-state index contributed by atoms with van der Waals surface area (Å²) in [6.07, 6.45) is 7.08. The van der Waals surface area contributed by atoms with E-state index in [4.69, 9.17) is 4.74 Å². The Morgan fingerprint density at radius 1 is 0.805 bits per heavy atom. The second-order valence-corrected chi connectivity index (χ2v) is 9.53. The first kappa shape index (κ1) is 41.5. The summed E-state index contributed by atoms with van der Waals surface area (Å²) in [6.45, 7) is 29.3. The lowest BCUT2D eigenvalue weighted by Crippen LogP contribution is -2.49. The van der Waals surface area contributed by atoms with E-state index in [-0.39, 0.29) is 5.91 Å². The van der Waals surface area contributed by atoms with Crippen molar-refractivity contribution in [2.45, 2.75) is 100 Å². The summed E-state index contributed by atoms with van der Waals surface area (Å²) in [7, 11) is 1.68. The number of carbonyl (C=O) groups excluding carboxylic acids is 1. The van der Waals surface area contributed by atoms with Gasteiger partial charge in [-0.3, -0.25) is 14.6 Å². The van der Waals surface area contributed by atoms with Gasteiger partial charge in [-0.2, -0.15) is 0 Å². The van der Waals surface area contributed by atoms with Gasteiger partial charge < -0.3 is 20.3 Å². The minimum atomic E-state index is 0.0890. The number of nitrogens with zero attached hydrogens (tertiary/aromatic N) is 3. The summed E-state index contributed by atoms with van der Waals surface area (Å²) >= 11 is 0. The molecule has 242 valence electrons. The molecule has 41 heavy (non-hydrogen) atoms. The first-order chi connectivity index (χ1) is 20.1. The van der Waals surface area contributed by atoms with Gasteiger partial charge in [-0.15, -0.1) is 0 Å². The third kappa shape index (κ3) is 20.0. The Labute approximate surface area is 255 Å². The lowest BCUT2D eigenvalue weighted by atomic mass is 10.0. The number of carbonyl (C=O) groups is 1. The molecule has 0 bridgehead atoms. The van der Waals surface area contributed by atoms with E-state index in [0.717, 1.165) is 44.5 Å². The monoisotopic (exact) mass is 580 g/mol. The summed E-state index contributed by atoms with van der Waals surface area (Å²) in [5.41, 5.74) is 1.24. The second kappa shape index (κ2) is 29.8. The van der Waals surface area contributed by atoms with Crippen LogP contribution in [-0.4, -0.2) is 106 Å². The van der Waals surface area contributed by atoms with E-state index in [0.29, 0.717) is 13.2 Å². The number of likely N-dealkylation sites (tertiary alicyclic amines) is 1. The molecule has 7 nitrogen and oxygen atoms in total. The van der Waals surface area contributed by atoms with Crippen LogP contribution in [0.5, 0.6) is 5.75 Å². The van der Waals surface area contributed by atoms with Crippen molar-refractivity contribution in [2.75, 3.05) is 79.1 Å². The Hall–Kier alpha value is -1.67. The number of nitrogens with one attached hydrogen (secondary N) is 2. The summed E-state index contributed by atoms with van der Waals surface area (Å²) in [4.78, 5) is 18.6. The van der Waals surface area contributed by atoms with Crippen LogP contribution in [-0.2, 0) is 4.79 Å². The molecule has 1 aromatic rings. The van der Waals surface area contributed by atoms with Gasteiger partial charge in [0, 0.05) is 45.8 Å². The maximum absolute atomic E-state index is 11.3. The maximum atomic E-state index is 11.3. The number of piperidine rings is 2. The molecule has 0 atom stereocenters. The molecule has 0 radical (unpaired) electrons. The Kier molecular flexibility index (Phi) is 30.1. The smallest absolute Gasteiger partial charge is 0.233 e. The Bertz CT molecular complexity index is 650. The van der Waals surface area contributed by atoms with E-state index in [9.17, 15) is 4.79 Å². The summed E-state index contributed by atoms with van der Waals surface area (Å²) in [5, 5.41) is 6.09. The minimum absolute atomic E-state index is 0.0890. The van der Waals surface area contributed by atoms with Crippen molar-refractivity contribution >= 4 is 5.91 Å². The van der Waals surface area contributed by atoms with Crippen molar-refractivity contribution in [2.24, 2.45) is 0 Å². The average Bonchev–Trinajstić information content (AvgIpc) is 3.07. The van der Waals surface area contributed by atoms with Gasteiger partial charge in [0.05, 0.1) is 6.54 Å². The van der Waals surface area contributed by atoms with Gasteiger partial charge in [-0.05, 0) is 70.9 Å². The molecular formula is C34H69N5O2. The van der Waals surface area contributed by atoms with Crippen LogP contribution >= 0.6 is 0 Å². The first-order valence-electron chi connectivity index (χ1n) is 16.9. The zero-order chi connectivity index (χ0) is 31.3. The molecule has 0 saturated carbocycles. The van der Waals surface area contributed by atoms with Crippen molar-refractivity contribution in [1.82, 2.24) is 25.3 Å². The largest absolute Gasteiger partial charge is 0.492 e. The molecule has 3 aliphatic rings. The molecule has 1 aromatic carbocycles. The highest BCUT2D eigenvalue weighted by Gasteiger charge is 2.22. The molecule has 1 amide bonds. The fourth-order valence-corrected chi connectivity index (χ4v) is 4.84. The van der Waals surface area contributed by atoms with Crippen LogP contribution in [0.2, 0.25) is 0 Å². The van der Waals surface area contributed by atoms with Gasteiger partial charge >= 0.3 is 0 Å². The number of likely N-dealkylation sites (N-methyl/N-ethyl adjacent to an activating group) is 1. The van der Waals surface area contributed by atoms with Crippen LogP contribution in [0.3, 0.4) is 0 Å². The van der Waals surface area contributed by atoms with Crippen molar-refractivity contribution < 1.29 is 9.53 Å². The molecule has 0 aliphatic carbocycles. The van der Waals surface area contributed by atoms with Gasteiger partial charge in [0.2, 0.25) is 5.91 Å². The van der Waals surface area contributed by atoms with Crippen LogP contribution in [0.25, 0.3) is 0 Å². The van der Waals surface area contributed by atoms with Crippen LogP contribution in [0, 0.1) is 6.92 Å². The summed E-state index contributed by atoms with van der Waals surface area (Å²) in [6, 6.07) is 9.05.